The second-order valence-electron chi connectivity index (χ2n) is 5.21. The molecule has 0 aliphatic rings. The molecule has 2 heterocycles. The zero-order chi connectivity index (χ0) is 16.4. The number of amides is 1. The Kier molecular flexibility index (Phi) is 3.76. The quantitative estimate of drug-likeness (QED) is 0.622. The van der Waals surface area contributed by atoms with Gasteiger partial charge in [-0.2, -0.15) is 9.61 Å². The molecule has 7 heteroatoms. The SMILES string of the molecule is O=C(NCc1ccc(-c2nn3cnnc3s2)cc1)c1ccccc1. The average Bonchev–Trinajstić information content (AvgIpc) is 3.23. The van der Waals surface area contributed by atoms with Crippen molar-refractivity contribution in [1.82, 2.24) is 25.1 Å². The standard InChI is InChI=1S/C17H13N5OS/c23-15(13-4-2-1-3-5-13)18-10-12-6-8-14(9-7-12)16-21-22-11-19-20-17(22)24-16/h1-9,11H,10H2,(H,18,23). The molecule has 4 aromatic rings. The highest BCUT2D eigenvalue weighted by molar-refractivity contribution is 7.19. The fourth-order valence-electron chi connectivity index (χ4n) is 2.32. The summed E-state index contributed by atoms with van der Waals surface area (Å²) in [6, 6.07) is 17.2. The van der Waals surface area contributed by atoms with E-state index in [-0.39, 0.29) is 5.91 Å². The molecule has 118 valence electrons. The van der Waals surface area contributed by atoms with Gasteiger partial charge in [-0.25, -0.2) is 0 Å². The van der Waals surface area contributed by atoms with Crippen LogP contribution in [-0.4, -0.2) is 25.7 Å². The first-order valence-electron chi connectivity index (χ1n) is 7.39. The summed E-state index contributed by atoms with van der Waals surface area (Å²) in [5.41, 5.74) is 2.71. The van der Waals surface area contributed by atoms with E-state index in [2.05, 4.69) is 20.6 Å². The number of carbonyl (C=O) groups is 1. The lowest BCUT2D eigenvalue weighted by Gasteiger charge is -2.06. The Morgan fingerprint density at radius 2 is 1.88 bits per heavy atom. The first kappa shape index (κ1) is 14.5. The highest BCUT2D eigenvalue weighted by Crippen LogP contribution is 2.24. The number of hydrogen-bond donors (Lipinski definition) is 1. The number of hydrogen-bond acceptors (Lipinski definition) is 5. The normalized spacial score (nSPS) is 10.8. The van der Waals surface area contributed by atoms with Gasteiger partial charge >= 0.3 is 0 Å². The zero-order valence-electron chi connectivity index (χ0n) is 12.6. The van der Waals surface area contributed by atoms with Gasteiger partial charge in [-0.05, 0) is 17.7 Å². The van der Waals surface area contributed by atoms with E-state index in [1.54, 1.807) is 23.0 Å². The minimum atomic E-state index is -0.0756. The Bertz CT molecular complexity index is 947. The van der Waals surface area contributed by atoms with Crippen molar-refractivity contribution in [2.75, 3.05) is 0 Å². The summed E-state index contributed by atoms with van der Waals surface area (Å²) in [7, 11) is 0. The number of aromatic nitrogens is 4. The predicted octanol–water partition coefficient (Wildman–Crippen LogP) is 2.78. The van der Waals surface area contributed by atoms with E-state index < -0.39 is 0 Å². The Balaban J connectivity index is 1.44. The van der Waals surface area contributed by atoms with Gasteiger partial charge in [0.05, 0.1) is 0 Å². The Morgan fingerprint density at radius 3 is 2.62 bits per heavy atom. The second kappa shape index (κ2) is 6.21. The lowest BCUT2D eigenvalue weighted by molar-refractivity contribution is 0.0951. The molecule has 0 aliphatic carbocycles. The molecule has 0 aliphatic heterocycles. The van der Waals surface area contributed by atoms with Crippen molar-refractivity contribution in [3.63, 3.8) is 0 Å². The summed E-state index contributed by atoms with van der Waals surface area (Å²) in [5.74, 6) is -0.0756. The van der Waals surface area contributed by atoms with Gasteiger partial charge in [-0.3, -0.25) is 4.79 Å². The summed E-state index contributed by atoms with van der Waals surface area (Å²) in [6.45, 7) is 0.485. The van der Waals surface area contributed by atoms with Gasteiger partial charge < -0.3 is 5.32 Å². The van der Waals surface area contributed by atoms with Crippen molar-refractivity contribution in [2.45, 2.75) is 6.54 Å². The van der Waals surface area contributed by atoms with E-state index >= 15 is 0 Å². The molecule has 0 atom stereocenters. The largest absolute Gasteiger partial charge is 0.348 e. The molecule has 2 aromatic carbocycles. The van der Waals surface area contributed by atoms with Gasteiger partial charge in [0.2, 0.25) is 4.96 Å². The monoisotopic (exact) mass is 335 g/mol. The van der Waals surface area contributed by atoms with Crippen molar-refractivity contribution in [2.24, 2.45) is 0 Å². The maximum atomic E-state index is 12.0. The second-order valence-corrected chi connectivity index (χ2v) is 6.17. The van der Waals surface area contributed by atoms with Gasteiger partial charge in [0, 0.05) is 17.7 Å². The fraction of sp³-hybridized carbons (Fsp3) is 0.0588. The van der Waals surface area contributed by atoms with Crippen LogP contribution < -0.4 is 5.32 Å². The number of nitrogens with zero attached hydrogens (tertiary/aromatic N) is 4. The molecular weight excluding hydrogens is 322 g/mol. The molecule has 0 saturated carbocycles. The first-order chi connectivity index (χ1) is 11.8. The number of nitrogens with one attached hydrogen (secondary N) is 1. The molecule has 6 nitrogen and oxygen atoms in total. The lowest BCUT2D eigenvalue weighted by atomic mass is 10.1. The number of rotatable bonds is 4. The van der Waals surface area contributed by atoms with Crippen molar-refractivity contribution in [1.29, 1.82) is 0 Å². The van der Waals surface area contributed by atoms with Gasteiger partial charge in [0.25, 0.3) is 5.91 Å². The third-order valence-electron chi connectivity index (χ3n) is 3.58. The van der Waals surface area contributed by atoms with E-state index in [0.29, 0.717) is 12.1 Å². The summed E-state index contributed by atoms with van der Waals surface area (Å²) in [5, 5.41) is 16.0. The van der Waals surface area contributed by atoms with Crippen LogP contribution >= 0.6 is 11.3 Å². The first-order valence-corrected chi connectivity index (χ1v) is 8.21. The van der Waals surface area contributed by atoms with Gasteiger partial charge in [0.15, 0.2) is 0 Å². The van der Waals surface area contributed by atoms with E-state index in [1.807, 2.05) is 42.5 Å². The summed E-state index contributed by atoms with van der Waals surface area (Å²) < 4.78 is 1.66. The number of benzene rings is 2. The molecule has 0 saturated heterocycles. The molecule has 0 radical (unpaired) electrons. The summed E-state index contributed by atoms with van der Waals surface area (Å²) >= 11 is 1.49. The van der Waals surface area contributed by atoms with Gasteiger partial charge in [0.1, 0.15) is 11.3 Å². The third kappa shape index (κ3) is 2.89. The smallest absolute Gasteiger partial charge is 0.251 e. The Hall–Kier alpha value is -3.06. The molecular formula is C17H13N5OS. The number of carbonyl (C=O) groups excluding carboxylic acids is 1. The molecule has 24 heavy (non-hydrogen) atoms. The van der Waals surface area contributed by atoms with Gasteiger partial charge in [-0.1, -0.05) is 53.8 Å². The summed E-state index contributed by atoms with van der Waals surface area (Å²) in [6.07, 6.45) is 1.59. The molecule has 0 bridgehead atoms. The van der Waals surface area contributed by atoms with Crippen LogP contribution in [0.2, 0.25) is 0 Å². The topological polar surface area (TPSA) is 72.2 Å². The third-order valence-corrected chi connectivity index (χ3v) is 4.54. The minimum absolute atomic E-state index is 0.0756. The minimum Gasteiger partial charge on any atom is -0.348 e. The van der Waals surface area contributed by atoms with Crippen LogP contribution in [-0.2, 0) is 6.54 Å². The lowest BCUT2D eigenvalue weighted by Crippen LogP contribution is -2.22. The van der Waals surface area contributed by atoms with Crippen molar-refractivity contribution in [3.05, 3.63) is 72.1 Å². The van der Waals surface area contributed by atoms with Crippen LogP contribution in [0, 0.1) is 0 Å². The number of fused-ring (bicyclic) bond motifs is 1. The van der Waals surface area contributed by atoms with Gasteiger partial charge in [-0.15, -0.1) is 10.2 Å². The van der Waals surface area contributed by atoms with E-state index in [0.717, 1.165) is 21.1 Å². The molecule has 1 amide bonds. The maximum Gasteiger partial charge on any atom is 0.251 e. The molecule has 4 rings (SSSR count). The van der Waals surface area contributed by atoms with E-state index in [1.165, 1.54) is 11.3 Å². The highest BCUT2D eigenvalue weighted by Gasteiger charge is 2.08. The molecule has 0 unspecified atom stereocenters. The maximum absolute atomic E-state index is 12.0. The van der Waals surface area contributed by atoms with Crippen LogP contribution in [0.5, 0.6) is 0 Å². The summed E-state index contributed by atoms with van der Waals surface area (Å²) in [4.78, 5) is 12.8. The van der Waals surface area contributed by atoms with Crippen LogP contribution in [0.1, 0.15) is 15.9 Å². The molecule has 0 spiro atoms. The Labute approximate surface area is 141 Å². The van der Waals surface area contributed by atoms with Crippen LogP contribution in [0.15, 0.2) is 60.9 Å². The fourth-order valence-corrected chi connectivity index (χ4v) is 3.14. The van der Waals surface area contributed by atoms with Crippen molar-refractivity contribution in [3.8, 4) is 10.6 Å². The van der Waals surface area contributed by atoms with Crippen LogP contribution in [0.4, 0.5) is 0 Å². The van der Waals surface area contributed by atoms with Crippen LogP contribution in [0.3, 0.4) is 0 Å². The van der Waals surface area contributed by atoms with Crippen molar-refractivity contribution >= 4 is 22.2 Å². The van der Waals surface area contributed by atoms with Crippen molar-refractivity contribution < 1.29 is 4.79 Å². The highest BCUT2D eigenvalue weighted by atomic mass is 32.1. The molecule has 1 N–H and O–H groups in total. The molecule has 2 aromatic heterocycles. The molecule has 0 fully saturated rings. The predicted molar refractivity (Wildman–Crippen MR) is 91.7 cm³/mol. The van der Waals surface area contributed by atoms with E-state index in [9.17, 15) is 4.79 Å². The average molecular weight is 335 g/mol. The van der Waals surface area contributed by atoms with E-state index in [4.69, 9.17) is 0 Å². The van der Waals surface area contributed by atoms with Crippen LogP contribution in [0.25, 0.3) is 15.5 Å². The zero-order valence-corrected chi connectivity index (χ0v) is 13.4. The Morgan fingerprint density at radius 1 is 1.08 bits per heavy atom.